The van der Waals surface area contributed by atoms with E-state index in [9.17, 15) is 34.6 Å². The Labute approximate surface area is 296 Å². The van der Waals surface area contributed by atoms with Crippen LogP contribution in [-0.2, 0) is 43.6 Å². The number of unbranched alkanes of at least 4 members (excludes halogenated alkanes) is 1. The summed E-state index contributed by atoms with van der Waals surface area (Å²) >= 11 is 0. The van der Waals surface area contributed by atoms with Gasteiger partial charge in [-0.3, -0.25) is 4.79 Å². The molecule has 2 aromatic heterocycles. The first-order chi connectivity index (χ1) is 24.9. The molecule has 19 nitrogen and oxygen atoms in total. The van der Waals surface area contributed by atoms with Crippen LogP contribution >= 0.6 is 0 Å². The number of carbonyl (C=O) groups excluding carboxylic acids is 2. The summed E-state index contributed by atoms with van der Waals surface area (Å²) < 4.78 is 15.7. The van der Waals surface area contributed by atoms with E-state index < -0.39 is 52.7 Å². The van der Waals surface area contributed by atoms with Crippen molar-refractivity contribution in [2.75, 3.05) is 0 Å². The van der Waals surface area contributed by atoms with Crippen molar-refractivity contribution in [1.29, 1.82) is 0 Å². The average molecular weight is 726 g/mol. The average Bonchev–Trinajstić information content (AvgIpc) is 3.77. The highest BCUT2D eigenvalue weighted by atomic mass is 17.0. The van der Waals surface area contributed by atoms with Crippen LogP contribution in [0.1, 0.15) is 70.5 Å². The summed E-state index contributed by atoms with van der Waals surface area (Å²) in [5, 5.41) is 33.8. The quantitative estimate of drug-likeness (QED) is 0.0749. The van der Waals surface area contributed by atoms with Crippen molar-refractivity contribution in [3.8, 4) is 22.5 Å². The summed E-state index contributed by atoms with van der Waals surface area (Å²) in [7, 11) is 0. The fourth-order valence-corrected chi connectivity index (χ4v) is 5.58. The number of H-pyrrole nitrogens is 1. The molecular formula is C33H39N7O12. The minimum atomic E-state index is -1.40. The van der Waals surface area contributed by atoms with Gasteiger partial charge in [0.25, 0.3) is 10.2 Å². The number of hydrogen-bond donors (Lipinski definition) is 1. The second kappa shape index (κ2) is 18.2. The van der Waals surface area contributed by atoms with Crippen molar-refractivity contribution in [3.63, 3.8) is 0 Å². The predicted octanol–water partition coefficient (Wildman–Crippen LogP) is 4.47. The number of rotatable bonds is 20. The topological polar surface area (TPSA) is 249 Å². The van der Waals surface area contributed by atoms with Crippen LogP contribution in [-0.4, -0.2) is 65.8 Å². The monoisotopic (exact) mass is 725 g/mol. The van der Waals surface area contributed by atoms with E-state index in [1.54, 1.807) is 13.8 Å². The van der Waals surface area contributed by atoms with E-state index in [0.29, 0.717) is 12.2 Å². The van der Waals surface area contributed by atoms with Gasteiger partial charge in [-0.1, -0.05) is 75.7 Å². The second-order valence-corrected chi connectivity index (χ2v) is 12.1. The van der Waals surface area contributed by atoms with Crippen molar-refractivity contribution in [1.82, 2.24) is 25.5 Å². The Hall–Kier alpha value is -6.14. The van der Waals surface area contributed by atoms with Crippen molar-refractivity contribution < 1.29 is 43.0 Å². The largest absolute Gasteiger partial charge is 0.519 e. The molecule has 4 rings (SSSR count). The number of hydrogen-bond acceptors (Lipinski definition) is 15. The van der Waals surface area contributed by atoms with Gasteiger partial charge in [-0.25, -0.2) is 9.59 Å². The summed E-state index contributed by atoms with van der Waals surface area (Å²) in [5.41, 5.74) is 3.29. The highest BCUT2D eigenvalue weighted by molar-refractivity contribution is 5.85. The summed E-state index contributed by atoms with van der Waals surface area (Å²) in [5.74, 6) is -2.37. The summed E-state index contributed by atoms with van der Waals surface area (Å²) in [6.45, 7) is 6.25. The lowest BCUT2D eigenvalue weighted by Gasteiger charge is -2.33. The highest BCUT2D eigenvalue weighted by Crippen LogP contribution is 2.30. The number of benzene rings is 2. The van der Waals surface area contributed by atoms with E-state index >= 15 is 0 Å². The predicted molar refractivity (Wildman–Crippen MR) is 179 cm³/mol. The molecule has 19 heteroatoms. The summed E-state index contributed by atoms with van der Waals surface area (Å²) in [6, 6.07) is 14.1. The molecule has 2 heterocycles. The number of aromatic amines is 1. The molecule has 1 N–H and O–H groups in total. The molecule has 0 aliphatic rings. The number of nitrogens with one attached hydrogen (secondary N) is 1. The Bertz CT molecular complexity index is 1860. The van der Waals surface area contributed by atoms with Gasteiger partial charge < -0.3 is 28.1 Å². The molecule has 0 unspecified atom stereocenters. The molecule has 0 aliphatic carbocycles. The van der Waals surface area contributed by atoms with Crippen molar-refractivity contribution >= 4 is 11.9 Å². The molecule has 0 bridgehead atoms. The van der Waals surface area contributed by atoms with Gasteiger partial charge in [0.1, 0.15) is 18.2 Å². The molecule has 52 heavy (non-hydrogen) atoms. The lowest BCUT2D eigenvalue weighted by molar-refractivity contribution is -0.798. The minimum absolute atomic E-state index is 0.0988. The van der Waals surface area contributed by atoms with Gasteiger partial charge in [0.15, 0.2) is 18.1 Å². The Morgan fingerprint density at radius 1 is 0.962 bits per heavy atom. The van der Waals surface area contributed by atoms with E-state index in [0.717, 1.165) is 28.7 Å². The van der Waals surface area contributed by atoms with Crippen LogP contribution in [0.3, 0.4) is 0 Å². The molecule has 1 amide bonds. The highest BCUT2D eigenvalue weighted by Gasteiger charge is 2.34. The minimum Gasteiger partial charge on any atom is -0.456 e. The molecule has 0 saturated carbocycles. The molecule has 0 spiro atoms. The van der Waals surface area contributed by atoms with Gasteiger partial charge in [0, 0.05) is 24.9 Å². The molecule has 0 radical (unpaired) electrons. The summed E-state index contributed by atoms with van der Waals surface area (Å²) in [6.07, 6.45) is -1.64. The fraction of sp³-hybridized carbons (Fsp3) is 0.455. The maximum Gasteiger partial charge on any atom is 0.519 e. The molecule has 278 valence electrons. The number of aromatic nitrogens is 4. The Morgan fingerprint density at radius 2 is 1.63 bits per heavy atom. The fourth-order valence-electron chi connectivity index (χ4n) is 5.58. The first-order valence-corrected chi connectivity index (χ1v) is 16.5. The maximum absolute atomic E-state index is 13.7. The lowest BCUT2D eigenvalue weighted by atomic mass is 9.97. The standard InChI is InChI=1S/C33H39N7O12/c1-5-6-11-29(41)38(18-22-12-14-23(15-13-22)24-9-7-8-10-25(24)31-34-36-37-35-31)30(20(2)3)32(42)48-19-28-27(49-33(43)50-28)17-16-26(52-40(46)47)21(4)51-39(44)45/h7-10,12-15,20-21,26,30H,5-6,11,16-19H2,1-4H3,(H,34,35,36,37)/t21-,26-,30+/m1/s1. The third-order valence-corrected chi connectivity index (χ3v) is 8.13. The van der Waals surface area contributed by atoms with Crippen LogP contribution in [0.15, 0.2) is 62.2 Å². The molecule has 0 aliphatic heterocycles. The van der Waals surface area contributed by atoms with E-state index in [1.807, 2.05) is 55.5 Å². The smallest absolute Gasteiger partial charge is 0.456 e. The zero-order valence-electron chi connectivity index (χ0n) is 29.0. The third kappa shape index (κ3) is 10.4. The number of tetrazole rings is 1. The number of aryl methyl sites for hydroxylation is 1. The number of nitrogens with zero attached hydrogens (tertiary/aromatic N) is 6. The van der Waals surface area contributed by atoms with Gasteiger partial charge in [-0.15, -0.1) is 30.4 Å². The second-order valence-electron chi connectivity index (χ2n) is 12.1. The van der Waals surface area contributed by atoms with Gasteiger partial charge in [-0.2, -0.15) is 5.21 Å². The number of esters is 1. The summed E-state index contributed by atoms with van der Waals surface area (Å²) in [4.78, 5) is 71.4. The normalized spacial score (nSPS) is 12.9. The van der Waals surface area contributed by atoms with Gasteiger partial charge in [0.05, 0.1) is 0 Å². The first kappa shape index (κ1) is 38.7. The van der Waals surface area contributed by atoms with Crippen LogP contribution in [0.2, 0.25) is 0 Å². The lowest BCUT2D eigenvalue weighted by Crippen LogP contribution is -2.48. The molecule has 3 atom stereocenters. The van der Waals surface area contributed by atoms with Crippen LogP contribution in [0.5, 0.6) is 0 Å². The maximum atomic E-state index is 13.7. The Morgan fingerprint density at radius 3 is 2.25 bits per heavy atom. The van der Waals surface area contributed by atoms with E-state index in [-0.39, 0.29) is 43.2 Å². The Balaban J connectivity index is 1.51. The van der Waals surface area contributed by atoms with Gasteiger partial charge in [0.2, 0.25) is 11.7 Å². The van der Waals surface area contributed by atoms with Crippen molar-refractivity contribution in [2.45, 2.75) is 91.2 Å². The van der Waals surface area contributed by atoms with E-state index in [1.165, 1.54) is 11.8 Å². The number of carbonyl (C=O) groups is 2. The molecular weight excluding hydrogens is 686 g/mol. The van der Waals surface area contributed by atoms with Crippen LogP contribution in [0.4, 0.5) is 0 Å². The van der Waals surface area contributed by atoms with E-state index in [2.05, 4.69) is 30.3 Å². The number of ether oxygens (including phenoxy) is 1. The molecule has 0 saturated heterocycles. The first-order valence-electron chi connectivity index (χ1n) is 16.5. The zero-order chi connectivity index (χ0) is 37.8. The van der Waals surface area contributed by atoms with Crippen molar-refractivity contribution in [3.05, 3.63) is 96.5 Å². The molecule has 0 fully saturated rings. The van der Waals surface area contributed by atoms with Crippen LogP contribution in [0, 0.1) is 26.1 Å². The van der Waals surface area contributed by atoms with E-state index in [4.69, 9.17) is 13.6 Å². The third-order valence-electron chi connectivity index (χ3n) is 8.13. The van der Waals surface area contributed by atoms with Crippen molar-refractivity contribution in [2.24, 2.45) is 5.92 Å². The SMILES string of the molecule is CCCCC(=O)N(Cc1ccc(-c2ccccc2-c2nn[nH]n2)cc1)[C@H](C(=O)OCc1oc(=O)oc1CC[C@@H](O[N+](=O)[O-])[C@@H](C)O[N+](=O)[O-])C(C)C. The van der Waals surface area contributed by atoms with Gasteiger partial charge in [-0.05, 0) is 47.6 Å². The van der Waals surface area contributed by atoms with Crippen LogP contribution in [0.25, 0.3) is 22.5 Å². The van der Waals surface area contributed by atoms with Crippen LogP contribution < -0.4 is 5.82 Å². The number of amides is 1. The molecule has 2 aromatic carbocycles. The Kier molecular flexibility index (Phi) is 13.5. The zero-order valence-corrected chi connectivity index (χ0v) is 29.0. The molecule has 4 aromatic rings. The van der Waals surface area contributed by atoms with Gasteiger partial charge >= 0.3 is 11.8 Å².